The summed E-state index contributed by atoms with van der Waals surface area (Å²) >= 11 is 0. The molecule has 0 saturated heterocycles. The van der Waals surface area contributed by atoms with E-state index in [2.05, 4.69) is 12.0 Å². The monoisotopic (exact) mass is 127 g/mol. The molecule has 4 N–H and O–H groups in total. The molecule has 1 aliphatic rings. The zero-order valence-electron chi connectivity index (χ0n) is 5.67. The second kappa shape index (κ2) is 2.25. The van der Waals surface area contributed by atoms with Crippen molar-refractivity contribution in [1.29, 1.82) is 0 Å². The third-order valence-electron chi connectivity index (χ3n) is 1.94. The lowest BCUT2D eigenvalue weighted by Crippen LogP contribution is -2.34. The van der Waals surface area contributed by atoms with Crippen LogP contribution < -0.4 is 11.6 Å². The summed E-state index contributed by atoms with van der Waals surface area (Å²) in [4.78, 5) is 0. The number of hydrogen-bond donors (Lipinski definition) is 2. The number of rotatable bonds is 1. The third kappa shape index (κ3) is 1.15. The summed E-state index contributed by atoms with van der Waals surface area (Å²) in [5, 5.41) is 3.44. The first-order valence-electron chi connectivity index (χ1n) is 3.27. The normalized spacial score (nSPS) is 35.9. The highest BCUT2D eigenvalue weighted by molar-refractivity contribution is 5.83. The van der Waals surface area contributed by atoms with Gasteiger partial charge in [0.25, 0.3) is 0 Å². The molecule has 0 aromatic rings. The van der Waals surface area contributed by atoms with Crippen molar-refractivity contribution in [3.8, 4) is 0 Å². The molecule has 0 bridgehead atoms. The summed E-state index contributed by atoms with van der Waals surface area (Å²) < 4.78 is 0. The van der Waals surface area contributed by atoms with E-state index >= 15 is 0 Å². The van der Waals surface area contributed by atoms with E-state index in [0.717, 1.165) is 18.8 Å². The number of nitrogens with zero attached hydrogens (tertiary/aromatic N) is 1. The smallest absolute Gasteiger partial charge is 0.122 e. The van der Waals surface area contributed by atoms with Crippen molar-refractivity contribution in [2.75, 3.05) is 0 Å². The molecule has 0 atom stereocenters. The van der Waals surface area contributed by atoms with Crippen LogP contribution in [0.1, 0.15) is 19.8 Å². The molecule has 9 heavy (non-hydrogen) atoms. The maximum Gasteiger partial charge on any atom is 0.122 e. The fourth-order valence-electron chi connectivity index (χ4n) is 1.25. The minimum Gasteiger partial charge on any atom is -0.386 e. The number of hydrazone groups is 1. The van der Waals surface area contributed by atoms with Gasteiger partial charge in [0.1, 0.15) is 5.84 Å². The topological polar surface area (TPSA) is 64.4 Å². The molecule has 0 aromatic carbocycles. The summed E-state index contributed by atoms with van der Waals surface area (Å²) in [6, 6.07) is 0. The van der Waals surface area contributed by atoms with Crippen LogP contribution in [0.3, 0.4) is 0 Å². The van der Waals surface area contributed by atoms with Crippen molar-refractivity contribution in [3.05, 3.63) is 0 Å². The van der Waals surface area contributed by atoms with Crippen molar-refractivity contribution in [2.45, 2.75) is 19.8 Å². The summed E-state index contributed by atoms with van der Waals surface area (Å²) in [5.41, 5.74) is 5.47. The average molecular weight is 127 g/mol. The predicted octanol–water partition coefficient (Wildman–Crippen LogP) is 0.263. The van der Waals surface area contributed by atoms with Gasteiger partial charge < -0.3 is 11.6 Å². The summed E-state index contributed by atoms with van der Waals surface area (Å²) in [5.74, 6) is 6.90. The van der Waals surface area contributed by atoms with Crippen molar-refractivity contribution in [2.24, 2.45) is 28.5 Å². The van der Waals surface area contributed by atoms with Crippen molar-refractivity contribution >= 4 is 5.84 Å². The Hall–Kier alpha value is -0.730. The number of hydrogen-bond acceptors (Lipinski definition) is 2. The van der Waals surface area contributed by atoms with E-state index < -0.39 is 0 Å². The quantitative estimate of drug-likeness (QED) is 0.230. The van der Waals surface area contributed by atoms with Crippen LogP contribution in [0.4, 0.5) is 0 Å². The summed E-state index contributed by atoms with van der Waals surface area (Å²) in [6.07, 6.45) is 2.32. The first-order valence-corrected chi connectivity index (χ1v) is 3.27. The molecule has 52 valence electrons. The lowest BCUT2D eigenvalue weighted by atomic mass is 9.75. The Bertz CT molecular complexity index is 124. The van der Waals surface area contributed by atoms with E-state index in [9.17, 15) is 0 Å². The van der Waals surface area contributed by atoms with E-state index in [4.69, 9.17) is 11.6 Å². The fourth-order valence-corrected chi connectivity index (χ4v) is 1.25. The van der Waals surface area contributed by atoms with Crippen LogP contribution in [0, 0.1) is 11.8 Å². The molecule has 0 aromatic heterocycles. The Kier molecular flexibility index (Phi) is 1.60. The molecule has 1 aliphatic carbocycles. The molecule has 0 heterocycles. The van der Waals surface area contributed by atoms with E-state index in [1.54, 1.807) is 0 Å². The molecular weight excluding hydrogens is 114 g/mol. The zero-order chi connectivity index (χ0) is 6.85. The van der Waals surface area contributed by atoms with Gasteiger partial charge in [0.05, 0.1) is 0 Å². The van der Waals surface area contributed by atoms with Gasteiger partial charge in [0, 0.05) is 5.92 Å². The number of nitrogens with two attached hydrogens (primary N) is 2. The molecule has 3 nitrogen and oxygen atoms in total. The van der Waals surface area contributed by atoms with Gasteiger partial charge in [0.2, 0.25) is 0 Å². The highest BCUT2D eigenvalue weighted by Gasteiger charge is 2.27. The van der Waals surface area contributed by atoms with Crippen LogP contribution in [0.2, 0.25) is 0 Å². The molecule has 0 unspecified atom stereocenters. The van der Waals surface area contributed by atoms with Crippen molar-refractivity contribution < 1.29 is 0 Å². The van der Waals surface area contributed by atoms with E-state index in [1.807, 2.05) is 0 Å². The molecule has 0 spiro atoms. The van der Waals surface area contributed by atoms with Crippen LogP contribution in [0.15, 0.2) is 5.10 Å². The van der Waals surface area contributed by atoms with E-state index in [0.29, 0.717) is 11.8 Å². The summed E-state index contributed by atoms with van der Waals surface area (Å²) in [7, 11) is 0. The maximum absolute atomic E-state index is 5.47. The van der Waals surface area contributed by atoms with Crippen LogP contribution in [-0.4, -0.2) is 5.84 Å². The highest BCUT2D eigenvalue weighted by atomic mass is 15.2. The van der Waals surface area contributed by atoms with Gasteiger partial charge in [-0.25, -0.2) is 0 Å². The number of amidine groups is 1. The molecule has 1 saturated carbocycles. The zero-order valence-corrected chi connectivity index (χ0v) is 5.67. The van der Waals surface area contributed by atoms with Crippen LogP contribution >= 0.6 is 0 Å². The van der Waals surface area contributed by atoms with Crippen molar-refractivity contribution in [3.63, 3.8) is 0 Å². The Balaban J connectivity index is 2.32. The first kappa shape index (κ1) is 6.39. The Morgan fingerprint density at radius 2 is 2.11 bits per heavy atom. The predicted molar refractivity (Wildman–Crippen MR) is 37.7 cm³/mol. The first-order chi connectivity index (χ1) is 4.24. The van der Waals surface area contributed by atoms with Gasteiger partial charge in [-0.2, -0.15) is 5.10 Å². The van der Waals surface area contributed by atoms with Crippen LogP contribution in [0.5, 0.6) is 0 Å². The second-order valence-corrected chi connectivity index (χ2v) is 2.83. The molecule has 0 radical (unpaired) electrons. The minimum absolute atomic E-state index is 0.477. The van der Waals surface area contributed by atoms with Gasteiger partial charge in [-0.1, -0.05) is 6.92 Å². The van der Waals surface area contributed by atoms with Crippen molar-refractivity contribution in [1.82, 2.24) is 0 Å². The second-order valence-electron chi connectivity index (χ2n) is 2.83. The van der Waals surface area contributed by atoms with Gasteiger partial charge in [-0.15, -0.1) is 0 Å². The molecule has 1 fully saturated rings. The molecular formula is C6H13N3. The lowest BCUT2D eigenvalue weighted by Gasteiger charge is -2.31. The SMILES string of the molecule is CC1CC(/C(N)=N/N)C1. The van der Waals surface area contributed by atoms with E-state index in [-0.39, 0.29) is 0 Å². The lowest BCUT2D eigenvalue weighted by molar-refractivity contribution is 0.279. The summed E-state index contributed by atoms with van der Waals surface area (Å²) in [6.45, 7) is 2.21. The Morgan fingerprint density at radius 3 is 2.44 bits per heavy atom. The fraction of sp³-hybridized carbons (Fsp3) is 0.833. The molecule has 0 amide bonds. The van der Waals surface area contributed by atoms with Gasteiger partial charge in [-0.3, -0.25) is 0 Å². The molecule has 1 rings (SSSR count). The largest absolute Gasteiger partial charge is 0.386 e. The van der Waals surface area contributed by atoms with E-state index in [1.165, 1.54) is 0 Å². The average Bonchev–Trinajstić information content (AvgIpc) is 1.79. The molecule has 3 heteroatoms. The Morgan fingerprint density at radius 1 is 1.56 bits per heavy atom. The van der Waals surface area contributed by atoms with Gasteiger partial charge >= 0.3 is 0 Å². The Labute approximate surface area is 55.1 Å². The minimum atomic E-state index is 0.477. The van der Waals surface area contributed by atoms with Crippen LogP contribution in [-0.2, 0) is 0 Å². The van der Waals surface area contributed by atoms with Gasteiger partial charge in [0.15, 0.2) is 0 Å². The third-order valence-corrected chi connectivity index (χ3v) is 1.94. The van der Waals surface area contributed by atoms with Crippen LogP contribution in [0.25, 0.3) is 0 Å². The maximum atomic E-state index is 5.47. The highest BCUT2D eigenvalue weighted by Crippen LogP contribution is 2.32. The standard InChI is InChI=1S/C6H13N3/c1-4-2-5(3-4)6(7)9-8/h4-5H,2-3,8H2,1H3,(H2,7,9). The molecule has 0 aliphatic heterocycles. The van der Waals surface area contributed by atoms with Gasteiger partial charge in [-0.05, 0) is 18.8 Å².